The molecule has 4 N–H and O–H groups in total. The summed E-state index contributed by atoms with van der Waals surface area (Å²) in [4.78, 5) is 27.3. The second kappa shape index (κ2) is 10.3. The van der Waals surface area contributed by atoms with Gasteiger partial charge in [-0.05, 0) is 63.1 Å². The second-order valence-corrected chi connectivity index (χ2v) is 8.66. The molecule has 2 rings (SSSR count). The highest BCUT2D eigenvalue weighted by molar-refractivity contribution is 5.95. The Morgan fingerprint density at radius 3 is 2.26 bits per heavy atom. The number of pyridine rings is 1. The fourth-order valence-corrected chi connectivity index (χ4v) is 3.15. The van der Waals surface area contributed by atoms with Gasteiger partial charge >= 0.3 is 12.3 Å². The summed E-state index contributed by atoms with van der Waals surface area (Å²) in [6.45, 7) is 4.95. The predicted octanol–water partition coefficient (Wildman–Crippen LogP) is 3.69. The van der Waals surface area contributed by atoms with Crippen molar-refractivity contribution < 1.29 is 41.8 Å². The number of halogens is 5. The molecular weight excluding hydrogens is 465 g/mol. The molecule has 0 radical (unpaired) electrons. The Balaban J connectivity index is 2.43. The van der Waals surface area contributed by atoms with Gasteiger partial charge < -0.3 is 20.8 Å². The highest BCUT2D eigenvalue weighted by Gasteiger charge is 2.34. The molecule has 2 aromatic rings. The van der Waals surface area contributed by atoms with Crippen LogP contribution in [0.5, 0.6) is 0 Å². The van der Waals surface area contributed by atoms with Crippen molar-refractivity contribution in [3.05, 3.63) is 64.5 Å². The Labute approximate surface area is 192 Å². The van der Waals surface area contributed by atoms with Crippen molar-refractivity contribution in [1.29, 1.82) is 0 Å². The number of carbonyl (C=O) groups is 2. The number of benzene rings is 1. The van der Waals surface area contributed by atoms with E-state index in [1.807, 2.05) is 5.32 Å². The summed E-state index contributed by atoms with van der Waals surface area (Å²) >= 11 is 0. The molecule has 0 aliphatic carbocycles. The van der Waals surface area contributed by atoms with Crippen LogP contribution in [0.25, 0.3) is 0 Å². The molecule has 7 nitrogen and oxygen atoms in total. The molecule has 0 aliphatic rings. The lowest BCUT2D eigenvalue weighted by atomic mass is 9.95. The van der Waals surface area contributed by atoms with E-state index in [1.165, 1.54) is 0 Å². The SMILES string of the molecule is CC(C)(C)NC(=O)c1ccc(C(F)(F)F)nc1C[C@H](O)[C@@H](Cc1cc(F)ccc1F)NC(=O)O. The van der Waals surface area contributed by atoms with Gasteiger partial charge in [0, 0.05) is 12.0 Å². The van der Waals surface area contributed by atoms with Crippen molar-refractivity contribution in [3.8, 4) is 0 Å². The summed E-state index contributed by atoms with van der Waals surface area (Å²) in [6, 6.07) is 2.54. The standard InChI is InChI=1S/C22H24F5N3O4/c1-21(2,3)30-19(32)13-5-7-18(22(25,26)27)28-15(13)10-17(31)16(29-20(33)34)9-11-8-12(23)4-6-14(11)24/h4-8,16-17,29,31H,9-10H2,1-3H3,(H,30,32)(H,33,34)/t16-,17+/m1/s1. The van der Waals surface area contributed by atoms with E-state index in [2.05, 4.69) is 10.3 Å². The number of hydrogen-bond donors (Lipinski definition) is 4. The lowest BCUT2D eigenvalue weighted by Crippen LogP contribution is -2.46. The number of aliphatic hydroxyl groups is 1. The fraction of sp³-hybridized carbons (Fsp3) is 0.409. The number of carbonyl (C=O) groups excluding carboxylic acids is 1. The summed E-state index contributed by atoms with van der Waals surface area (Å²) in [5, 5.41) is 24.3. The van der Waals surface area contributed by atoms with Gasteiger partial charge in [-0.25, -0.2) is 18.6 Å². The molecule has 0 bridgehead atoms. The number of aromatic nitrogens is 1. The van der Waals surface area contributed by atoms with Crippen LogP contribution in [-0.4, -0.2) is 44.9 Å². The maximum atomic E-state index is 14.1. The monoisotopic (exact) mass is 489 g/mol. The number of alkyl halides is 3. The van der Waals surface area contributed by atoms with Crippen LogP contribution in [0.2, 0.25) is 0 Å². The van der Waals surface area contributed by atoms with Crippen molar-refractivity contribution >= 4 is 12.0 Å². The van der Waals surface area contributed by atoms with Crippen LogP contribution in [0.15, 0.2) is 30.3 Å². The van der Waals surface area contributed by atoms with Crippen molar-refractivity contribution in [3.63, 3.8) is 0 Å². The summed E-state index contributed by atoms with van der Waals surface area (Å²) in [5.41, 5.74) is -3.02. The smallest absolute Gasteiger partial charge is 0.433 e. The number of nitrogens with zero attached hydrogens (tertiary/aromatic N) is 1. The number of hydrogen-bond acceptors (Lipinski definition) is 4. The molecule has 0 saturated carbocycles. The lowest BCUT2D eigenvalue weighted by molar-refractivity contribution is -0.141. The Kier molecular flexibility index (Phi) is 8.19. The van der Waals surface area contributed by atoms with Gasteiger partial charge in [-0.1, -0.05) is 0 Å². The molecule has 2 atom stereocenters. The normalized spacial score (nSPS) is 13.8. The van der Waals surface area contributed by atoms with Gasteiger partial charge in [0.1, 0.15) is 17.3 Å². The van der Waals surface area contributed by atoms with Gasteiger partial charge in [-0.2, -0.15) is 13.2 Å². The Morgan fingerprint density at radius 2 is 1.71 bits per heavy atom. The minimum absolute atomic E-state index is 0.256. The molecule has 34 heavy (non-hydrogen) atoms. The molecule has 12 heteroatoms. The maximum Gasteiger partial charge on any atom is 0.433 e. The predicted molar refractivity (Wildman–Crippen MR) is 111 cm³/mol. The highest BCUT2D eigenvalue weighted by Crippen LogP contribution is 2.29. The van der Waals surface area contributed by atoms with Crippen molar-refractivity contribution in [2.45, 2.75) is 57.5 Å². The van der Waals surface area contributed by atoms with Gasteiger partial charge in [-0.3, -0.25) is 4.79 Å². The van der Waals surface area contributed by atoms with Gasteiger partial charge in [0.2, 0.25) is 0 Å². The van der Waals surface area contributed by atoms with Gasteiger partial charge in [0.25, 0.3) is 5.91 Å². The molecule has 186 valence electrons. The molecule has 0 spiro atoms. The summed E-state index contributed by atoms with van der Waals surface area (Å²) in [5.74, 6) is -2.43. The third-order valence-electron chi connectivity index (χ3n) is 4.62. The Morgan fingerprint density at radius 1 is 1.06 bits per heavy atom. The third kappa shape index (κ3) is 7.65. The highest BCUT2D eigenvalue weighted by atomic mass is 19.4. The van der Waals surface area contributed by atoms with Crippen LogP contribution in [0.1, 0.15) is 48.1 Å². The Hall–Kier alpha value is -3.28. The summed E-state index contributed by atoms with van der Waals surface area (Å²) in [6.07, 6.45) is -9.39. The topological polar surface area (TPSA) is 112 Å². The molecule has 2 amide bonds. The van der Waals surface area contributed by atoms with Crippen LogP contribution in [-0.2, 0) is 19.0 Å². The van der Waals surface area contributed by atoms with E-state index in [0.717, 1.165) is 24.3 Å². The summed E-state index contributed by atoms with van der Waals surface area (Å²) < 4.78 is 67.2. The first-order valence-electron chi connectivity index (χ1n) is 10.1. The van der Waals surface area contributed by atoms with Crippen molar-refractivity contribution in [2.75, 3.05) is 0 Å². The minimum Gasteiger partial charge on any atom is -0.465 e. The van der Waals surface area contributed by atoms with E-state index in [9.17, 15) is 36.6 Å². The van der Waals surface area contributed by atoms with E-state index in [0.29, 0.717) is 6.07 Å². The van der Waals surface area contributed by atoms with Crippen molar-refractivity contribution in [2.24, 2.45) is 0 Å². The fourth-order valence-electron chi connectivity index (χ4n) is 3.15. The lowest BCUT2D eigenvalue weighted by Gasteiger charge is -2.25. The molecule has 0 aliphatic heterocycles. The van der Waals surface area contributed by atoms with Gasteiger partial charge in [-0.15, -0.1) is 0 Å². The van der Waals surface area contributed by atoms with E-state index in [4.69, 9.17) is 5.11 Å². The minimum atomic E-state index is -4.85. The van der Waals surface area contributed by atoms with E-state index in [-0.39, 0.29) is 11.1 Å². The average Bonchev–Trinajstić information content (AvgIpc) is 2.67. The number of nitrogens with one attached hydrogen (secondary N) is 2. The van der Waals surface area contributed by atoms with Gasteiger partial charge in [0.15, 0.2) is 0 Å². The summed E-state index contributed by atoms with van der Waals surface area (Å²) in [7, 11) is 0. The second-order valence-electron chi connectivity index (χ2n) is 8.66. The van der Waals surface area contributed by atoms with Crippen LogP contribution in [0.3, 0.4) is 0 Å². The quantitative estimate of drug-likeness (QED) is 0.444. The van der Waals surface area contributed by atoms with Crippen molar-refractivity contribution in [1.82, 2.24) is 15.6 Å². The van der Waals surface area contributed by atoms with Crippen LogP contribution in [0, 0.1) is 11.6 Å². The maximum absolute atomic E-state index is 14.1. The molecule has 0 saturated heterocycles. The Bertz CT molecular complexity index is 1050. The molecular formula is C22H24F5N3O4. The van der Waals surface area contributed by atoms with Crippen LogP contribution < -0.4 is 10.6 Å². The zero-order chi connectivity index (χ0) is 25.8. The molecule has 1 aromatic carbocycles. The molecule has 0 unspecified atom stereocenters. The molecule has 1 aromatic heterocycles. The van der Waals surface area contributed by atoms with Gasteiger partial charge in [0.05, 0.1) is 23.4 Å². The molecule has 1 heterocycles. The first-order valence-corrected chi connectivity index (χ1v) is 10.1. The first-order chi connectivity index (χ1) is 15.6. The first kappa shape index (κ1) is 27.0. The number of carboxylic acid groups (broad SMARTS) is 1. The van der Waals surface area contributed by atoms with E-state index < -0.39 is 71.7 Å². The zero-order valence-corrected chi connectivity index (χ0v) is 18.5. The largest absolute Gasteiger partial charge is 0.465 e. The number of amides is 2. The molecule has 0 fully saturated rings. The zero-order valence-electron chi connectivity index (χ0n) is 18.5. The van der Waals surface area contributed by atoms with Crippen LogP contribution >= 0.6 is 0 Å². The van der Waals surface area contributed by atoms with E-state index >= 15 is 0 Å². The third-order valence-corrected chi connectivity index (χ3v) is 4.62. The average molecular weight is 489 g/mol. The van der Waals surface area contributed by atoms with E-state index in [1.54, 1.807) is 20.8 Å². The number of aliphatic hydroxyl groups excluding tert-OH is 1. The van der Waals surface area contributed by atoms with Crippen LogP contribution in [0.4, 0.5) is 26.7 Å². The number of rotatable bonds is 7.